The van der Waals surface area contributed by atoms with E-state index >= 15 is 0 Å². The standard InChI is InChI=1S/C22H24ClNO4/c1-22(6-7-22)21(25)24-12-16-9-14-8-13(10-18(23)20(14)28-16)17-11-15(26-2)4-5-19(17)27-3/h4-5,8,10-11,16H,6-7,9,12H2,1-3H3,(H,24,25). The van der Waals surface area contributed by atoms with Crippen molar-refractivity contribution in [1.82, 2.24) is 5.32 Å². The fourth-order valence-electron chi connectivity index (χ4n) is 3.53. The van der Waals surface area contributed by atoms with E-state index in [0.717, 1.165) is 41.0 Å². The van der Waals surface area contributed by atoms with Crippen molar-refractivity contribution in [2.45, 2.75) is 32.3 Å². The molecule has 1 N–H and O–H groups in total. The van der Waals surface area contributed by atoms with Crippen molar-refractivity contribution in [2.24, 2.45) is 5.41 Å². The quantitative estimate of drug-likeness (QED) is 0.786. The molecule has 0 spiro atoms. The summed E-state index contributed by atoms with van der Waals surface area (Å²) in [6.45, 7) is 2.48. The summed E-state index contributed by atoms with van der Waals surface area (Å²) < 4.78 is 16.9. The SMILES string of the molecule is COc1ccc(OC)c(-c2cc(Cl)c3c(c2)CC(CNC(=O)C2(C)CC2)O3)c1. The predicted octanol–water partition coefficient (Wildman–Crippen LogP) is 4.24. The minimum atomic E-state index is -0.181. The molecule has 1 aliphatic carbocycles. The molecule has 148 valence electrons. The topological polar surface area (TPSA) is 56.8 Å². The maximum absolute atomic E-state index is 12.2. The van der Waals surface area contributed by atoms with E-state index in [1.165, 1.54) is 0 Å². The van der Waals surface area contributed by atoms with Crippen LogP contribution in [0.4, 0.5) is 0 Å². The van der Waals surface area contributed by atoms with Crippen molar-refractivity contribution in [2.75, 3.05) is 20.8 Å². The number of benzene rings is 2. The number of fused-ring (bicyclic) bond motifs is 1. The molecule has 0 saturated heterocycles. The van der Waals surface area contributed by atoms with E-state index in [-0.39, 0.29) is 17.4 Å². The highest BCUT2D eigenvalue weighted by Crippen LogP contribution is 2.45. The van der Waals surface area contributed by atoms with Crippen LogP contribution in [-0.2, 0) is 11.2 Å². The van der Waals surface area contributed by atoms with Crippen molar-refractivity contribution in [3.05, 3.63) is 40.9 Å². The van der Waals surface area contributed by atoms with Crippen molar-refractivity contribution < 1.29 is 19.0 Å². The minimum absolute atomic E-state index is 0.110. The lowest BCUT2D eigenvalue weighted by molar-refractivity contribution is -0.126. The van der Waals surface area contributed by atoms with Crippen molar-refractivity contribution in [1.29, 1.82) is 0 Å². The zero-order valence-corrected chi connectivity index (χ0v) is 17.1. The number of nitrogens with one attached hydrogen (secondary N) is 1. The van der Waals surface area contributed by atoms with Gasteiger partial charge in [0.2, 0.25) is 5.91 Å². The Morgan fingerprint density at radius 3 is 2.71 bits per heavy atom. The number of ether oxygens (including phenoxy) is 3. The third-order valence-corrected chi connectivity index (χ3v) is 5.89. The molecule has 2 aromatic carbocycles. The Labute approximate surface area is 169 Å². The monoisotopic (exact) mass is 401 g/mol. The van der Waals surface area contributed by atoms with Gasteiger partial charge in [0.15, 0.2) is 0 Å². The number of rotatable bonds is 6. The molecule has 1 aliphatic heterocycles. The van der Waals surface area contributed by atoms with Crippen LogP contribution in [0.5, 0.6) is 17.2 Å². The van der Waals surface area contributed by atoms with Crippen LogP contribution in [0.3, 0.4) is 0 Å². The van der Waals surface area contributed by atoms with Gasteiger partial charge in [0.1, 0.15) is 23.4 Å². The third kappa shape index (κ3) is 3.51. The summed E-state index contributed by atoms with van der Waals surface area (Å²) in [5.41, 5.74) is 2.70. The molecule has 0 radical (unpaired) electrons. The van der Waals surface area contributed by atoms with Crippen LogP contribution in [0.2, 0.25) is 5.02 Å². The Morgan fingerprint density at radius 1 is 1.25 bits per heavy atom. The third-order valence-electron chi connectivity index (χ3n) is 5.61. The molecule has 2 aromatic rings. The molecule has 5 nitrogen and oxygen atoms in total. The number of hydrogen-bond acceptors (Lipinski definition) is 4. The summed E-state index contributed by atoms with van der Waals surface area (Å²) in [4.78, 5) is 12.2. The number of hydrogen-bond donors (Lipinski definition) is 1. The maximum atomic E-state index is 12.2. The second-order valence-electron chi connectivity index (χ2n) is 7.73. The molecule has 1 saturated carbocycles. The van der Waals surface area contributed by atoms with Crippen LogP contribution >= 0.6 is 11.6 Å². The normalized spacial score (nSPS) is 18.8. The highest BCUT2D eigenvalue weighted by Gasteiger charge is 2.45. The van der Waals surface area contributed by atoms with Gasteiger partial charge in [-0.3, -0.25) is 4.79 Å². The number of amides is 1. The second-order valence-corrected chi connectivity index (χ2v) is 8.13. The average Bonchev–Trinajstić information content (AvgIpc) is 3.31. The highest BCUT2D eigenvalue weighted by atomic mass is 35.5. The second kappa shape index (κ2) is 7.21. The van der Waals surface area contributed by atoms with Crippen LogP contribution in [0.1, 0.15) is 25.3 Å². The first kappa shape index (κ1) is 18.9. The fourth-order valence-corrected chi connectivity index (χ4v) is 3.81. The molecule has 0 bridgehead atoms. The van der Waals surface area contributed by atoms with Gasteiger partial charge in [-0.2, -0.15) is 0 Å². The van der Waals surface area contributed by atoms with Crippen molar-refractivity contribution in [3.63, 3.8) is 0 Å². The molecule has 1 atom stereocenters. The summed E-state index contributed by atoms with van der Waals surface area (Å²) in [6, 6.07) is 9.62. The number of carbonyl (C=O) groups excluding carboxylic acids is 1. The van der Waals surface area contributed by atoms with Gasteiger partial charge in [-0.15, -0.1) is 0 Å². The van der Waals surface area contributed by atoms with Crippen LogP contribution in [0.15, 0.2) is 30.3 Å². The van der Waals surface area contributed by atoms with E-state index in [0.29, 0.717) is 23.7 Å². The Morgan fingerprint density at radius 2 is 2.04 bits per heavy atom. The van der Waals surface area contributed by atoms with E-state index in [1.54, 1.807) is 14.2 Å². The maximum Gasteiger partial charge on any atom is 0.226 e. The van der Waals surface area contributed by atoms with Gasteiger partial charge in [0.05, 0.1) is 25.8 Å². The Bertz CT molecular complexity index is 923. The van der Waals surface area contributed by atoms with Gasteiger partial charge < -0.3 is 19.5 Å². The number of methoxy groups -OCH3 is 2. The van der Waals surface area contributed by atoms with E-state index in [4.69, 9.17) is 25.8 Å². The predicted molar refractivity (Wildman–Crippen MR) is 108 cm³/mol. The molecule has 0 aromatic heterocycles. The Balaban J connectivity index is 1.55. The first-order valence-corrected chi connectivity index (χ1v) is 9.81. The van der Waals surface area contributed by atoms with Crippen molar-refractivity contribution >= 4 is 17.5 Å². The molecule has 1 heterocycles. The minimum Gasteiger partial charge on any atom is -0.497 e. The fraction of sp³-hybridized carbons (Fsp3) is 0.409. The van der Waals surface area contributed by atoms with Gasteiger partial charge in [-0.1, -0.05) is 18.5 Å². The van der Waals surface area contributed by atoms with Gasteiger partial charge in [0.25, 0.3) is 0 Å². The molecule has 28 heavy (non-hydrogen) atoms. The number of carbonyl (C=O) groups is 1. The average molecular weight is 402 g/mol. The van der Waals surface area contributed by atoms with Gasteiger partial charge >= 0.3 is 0 Å². The van der Waals surface area contributed by atoms with Gasteiger partial charge in [-0.05, 0) is 48.7 Å². The summed E-state index contributed by atoms with van der Waals surface area (Å²) in [5, 5.41) is 3.57. The first-order valence-electron chi connectivity index (χ1n) is 9.43. The molecule has 1 amide bonds. The van der Waals surface area contributed by atoms with Crippen LogP contribution < -0.4 is 19.5 Å². The molecule has 6 heteroatoms. The van der Waals surface area contributed by atoms with Crippen LogP contribution in [0.25, 0.3) is 11.1 Å². The Hall–Kier alpha value is -2.40. The first-order chi connectivity index (χ1) is 13.4. The molecule has 1 fully saturated rings. The lowest BCUT2D eigenvalue weighted by Crippen LogP contribution is -2.38. The zero-order valence-electron chi connectivity index (χ0n) is 16.3. The largest absolute Gasteiger partial charge is 0.497 e. The van der Waals surface area contributed by atoms with Crippen LogP contribution in [0, 0.1) is 5.41 Å². The zero-order chi connectivity index (χ0) is 19.9. The lowest BCUT2D eigenvalue weighted by atomic mass is 9.99. The molecule has 4 rings (SSSR count). The van der Waals surface area contributed by atoms with Crippen LogP contribution in [-0.4, -0.2) is 32.8 Å². The van der Waals surface area contributed by atoms with E-state index in [2.05, 4.69) is 11.4 Å². The highest BCUT2D eigenvalue weighted by molar-refractivity contribution is 6.32. The van der Waals surface area contributed by atoms with E-state index < -0.39 is 0 Å². The smallest absolute Gasteiger partial charge is 0.226 e. The van der Waals surface area contributed by atoms with E-state index in [1.807, 2.05) is 31.2 Å². The summed E-state index contributed by atoms with van der Waals surface area (Å²) >= 11 is 6.52. The molecule has 2 aliphatic rings. The van der Waals surface area contributed by atoms with Gasteiger partial charge in [-0.25, -0.2) is 0 Å². The summed E-state index contributed by atoms with van der Waals surface area (Å²) in [7, 11) is 3.28. The molecular formula is C22H24ClNO4. The lowest BCUT2D eigenvalue weighted by Gasteiger charge is -2.14. The molecule has 1 unspecified atom stereocenters. The molecular weight excluding hydrogens is 378 g/mol. The number of halogens is 1. The summed E-state index contributed by atoms with van der Waals surface area (Å²) in [6.07, 6.45) is 2.51. The Kier molecular flexibility index (Phi) is 4.88. The van der Waals surface area contributed by atoms with E-state index in [9.17, 15) is 4.79 Å². The van der Waals surface area contributed by atoms with Gasteiger partial charge in [0, 0.05) is 23.0 Å². The van der Waals surface area contributed by atoms with Crippen molar-refractivity contribution in [3.8, 4) is 28.4 Å². The summed E-state index contributed by atoms with van der Waals surface area (Å²) in [5.74, 6) is 2.30.